The smallest absolute Gasteiger partial charge is 0.258 e. The number of nitrogens with zero attached hydrogens (tertiary/aromatic N) is 3. The second-order valence-electron chi connectivity index (χ2n) is 14.0. The van der Waals surface area contributed by atoms with Gasteiger partial charge in [-0.1, -0.05) is 60.7 Å². The molecule has 4 N–H and O–H groups in total. The lowest BCUT2D eigenvalue weighted by Crippen LogP contribution is -2.51. The van der Waals surface area contributed by atoms with Crippen molar-refractivity contribution in [3.05, 3.63) is 112 Å². The van der Waals surface area contributed by atoms with Crippen LogP contribution in [0.3, 0.4) is 0 Å². The molecule has 0 spiro atoms. The predicted octanol–water partition coefficient (Wildman–Crippen LogP) is 3.65. The highest BCUT2D eigenvalue weighted by Gasteiger charge is 2.36. The van der Waals surface area contributed by atoms with Gasteiger partial charge in [0.2, 0.25) is 31.7 Å². The van der Waals surface area contributed by atoms with Crippen molar-refractivity contribution in [2.75, 3.05) is 26.2 Å². The Morgan fingerprint density at radius 3 is 2.07 bits per heavy atom. The van der Waals surface area contributed by atoms with Crippen LogP contribution in [0.5, 0.6) is 17.2 Å². The van der Waals surface area contributed by atoms with E-state index < -0.39 is 59.7 Å². The zero-order valence-electron chi connectivity index (χ0n) is 29.5. The fraction of sp³-hybridized carbons (Fsp3) is 0.333. The third-order valence-electron chi connectivity index (χ3n) is 10.5. The monoisotopic (exact) mass is 774 g/mol. The van der Waals surface area contributed by atoms with E-state index in [1.165, 1.54) is 17.0 Å². The highest BCUT2D eigenvalue weighted by atomic mass is 32.2. The molecule has 3 aliphatic rings. The van der Waals surface area contributed by atoms with Gasteiger partial charge in [-0.3, -0.25) is 9.59 Å². The first kappa shape index (κ1) is 37.4. The number of likely N-dealkylation sites (tertiary alicyclic amines) is 1. The minimum atomic E-state index is -4.43. The number of phenols is 3. The Morgan fingerprint density at radius 1 is 0.667 bits per heavy atom. The van der Waals surface area contributed by atoms with Crippen LogP contribution in [0.2, 0.25) is 0 Å². The van der Waals surface area contributed by atoms with Gasteiger partial charge in [-0.15, -0.1) is 0 Å². The summed E-state index contributed by atoms with van der Waals surface area (Å²) in [7, 11) is -8.66. The fourth-order valence-corrected chi connectivity index (χ4v) is 10.2. The molecule has 0 unspecified atom stereocenters. The first-order valence-corrected chi connectivity index (χ1v) is 20.9. The van der Waals surface area contributed by atoms with E-state index >= 15 is 0 Å². The molecule has 0 bridgehead atoms. The molecular weight excluding hydrogens is 733 g/mol. The van der Waals surface area contributed by atoms with E-state index in [1.54, 1.807) is 23.1 Å². The number of nitrogens with one attached hydrogen (secondary N) is 1. The molecule has 0 saturated carbocycles. The number of amides is 2. The summed E-state index contributed by atoms with van der Waals surface area (Å²) in [6.45, 7) is 1.29. The highest BCUT2D eigenvalue weighted by Crippen LogP contribution is 2.44. The maximum absolute atomic E-state index is 13.9. The quantitative estimate of drug-likeness (QED) is 0.184. The number of carbonyl (C=O) groups excluding carboxylic acids is 2. The zero-order chi connectivity index (χ0) is 38.2. The lowest BCUT2D eigenvalue weighted by atomic mass is 9.99. The number of rotatable bonds is 9. The van der Waals surface area contributed by atoms with Gasteiger partial charge in [0.05, 0.1) is 10.5 Å². The van der Waals surface area contributed by atoms with Crippen LogP contribution in [0.25, 0.3) is 0 Å². The SMILES string of the molecule is O=C(c1cc(S(=O)(=O)N2CCc3ccccc3C2)c(O)c(O)c1O)N1CCc2ccc(S(=O)(=O)N[C@@H](Cc3ccccc3)C(=O)N3CCCCC3)cc2C1. The third kappa shape index (κ3) is 7.40. The highest BCUT2D eigenvalue weighted by molar-refractivity contribution is 7.89. The maximum atomic E-state index is 13.9. The summed E-state index contributed by atoms with van der Waals surface area (Å²) < 4.78 is 59.2. The maximum Gasteiger partial charge on any atom is 0.258 e. The van der Waals surface area contributed by atoms with Crippen molar-refractivity contribution in [2.24, 2.45) is 0 Å². The van der Waals surface area contributed by atoms with Gasteiger partial charge < -0.3 is 25.1 Å². The van der Waals surface area contributed by atoms with Crippen LogP contribution in [0.1, 0.15) is 57.4 Å². The average molecular weight is 775 g/mol. The largest absolute Gasteiger partial charge is 0.504 e. The summed E-state index contributed by atoms with van der Waals surface area (Å²) in [5, 5.41) is 32.2. The lowest BCUT2D eigenvalue weighted by molar-refractivity contribution is -0.133. The van der Waals surface area contributed by atoms with Crippen molar-refractivity contribution in [1.82, 2.24) is 18.8 Å². The second-order valence-corrected chi connectivity index (χ2v) is 17.6. The number of hydrogen-bond donors (Lipinski definition) is 4. The summed E-state index contributed by atoms with van der Waals surface area (Å²) in [6.07, 6.45) is 3.62. The number of hydrogen-bond acceptors (Lipinski definition) is 9. The van der Waals surface area contributed by atoms with Crippen LogP contribution in [0.4, 0.5) is 0 Å². The number of phenolic OH excluding ortho intramolecular Hbond substituents is 3. The number of aromatic hydroxyl groups is 3. The first-order chi connectivity index (χ1) is 25.8. The topological polar surface area (TPSA) is 185 Å². The van der Waals surface area contributed by atoms with Crippen LogP contribution < -0.4 is 4.72 Å². The molecule has 1 saturated heterocycles. The zero-order valence-corrected chi connectivity index (χ0v) is 31.2. The summed E-state index contributed by atoms with van der Waals surface area (Å²) in [4.78, 5) is 29.8. The normalized spacial score (nSPS) is 17.0. The summed E-state index contributed by atoms with van der Waals surface area (Å²) in [6, 6.07) is 20.9. The van der Waals surface area contributed by atoms with Gasteiger partial charge >= 0.3 is 0 Å². The van der Waals surface area contributed by atoms with Gasteiger partial charge in [0, 0.05) is 39.3 Å². The number of benzene rings is 4. The minimum Gasteiger partial charge on any atom is -0.504 e. The molecule has 0 aromatic heterocycles. The first-order valence-electron chi connectivity index (χ1n) is 17.9. The second kappa shape index (κ2) is 15.1. The Bertz CT molecular complexity index is 2310. The summed E-state index contributed by atoms with van der Waals surface area (Å²) in [5.74, 6) is -4.30. The Labute approximate surface area is 314 Å². The Morgan fingerprint density at radius 2 is 1.33 bits per heavy atom. The van der Waals surface area contributed by atoms with Crippen molar-refractivity contribution in [3.8, 4) is 17.2 Å². The number of sulfonamides is 2. The molecule has 4 aromatic rings. The molecule has 3 heterocycles. The number of fused-ring (bicyclic) bond motifs is 2. The molecule has 15 heteroatoms. The van der Waals surface area contributed by atoms with Gasteiger partial charge in [0.1, 0.15) is 10.9 Å². The lowest BCUT2D eigenvalue weighted by Gasteiger charge is -2.31. The van der Waals surface area contributed by atoms with E-state index in [9.17, 15) is 41.7 Å². The van der Waals surface area contributed by atoms with E-state index in [-0.39, 0.29) is 43.4 Å². The summed E-state index contributed by atoms with van der Waals surface area (Å²) >= 11 is 0. The molecule has 1 atom stereocenters. The van der Waals surface area contributed by atoms with E-state index in [0.717, 1.165) is 51.9 Å². The molecule has 4 aromatic carbocycles. The molecule has 13 nitrogen and oxygen atoms in total. The van der Waals surface area contributed by atoms with Crippen LogP contribution in [-0.2, 0) is 57.2 Å². The van der Waals surface area contributed by atoms with Crippen molar-refractivity contribution in [1.29, 1.82) is 0 Å². The number of carbonyl (C=O) groups is 2. The molecule has 0 aliphatic carbocycles. The van der Waals surface area contributed by atoms with E-state index in [4.69, 9.17) is 0 Å². The van der Waals surface area contributed by atoms with Gasteiger partial charge in [-0.25, -0.2) is 16.8 Å². The van der Waals surface area contributed by atoms with Crippen molar-refractivity contribution in [2.45, 2.75) is 67.4 Å². The fourth-order valence-electron chi connectivity index (χ4n) is 7.46. The van der Waals surface area contributed by atoms with Crippen molar-refractivity contribution in [3.63, 3.8) is 0 Å². The van der Waals surface area contributed by atoms with E-state index in [2.05, 4.69) is 4.72 Å². The van der Waals surface area contributed by atoms with Gasteiger partial charge in [-0.2, -0.15) is 9.03 Å². The number of piperidine rings is 1. The molecule has 3 aliphatic heterocycles. The molecule has 284 valence electrons. The van der Waals surface area contributed by atoms with Crippen LogP contribution >= 0.6 is 0 Å². The minimum absolute atomic E-state index is 0.0191. The average Bonchev–Trinajstić information content (AvgIpc) is 3.19. The molecular formula is C39H42N4O9S2. The summed E-state index contributed by atoms with van der Waals surface area (Å²) in [5.41, 5.74) is 3.34. The van der Waals surface area contributed by atoms with Crippen LogP contribution in [-0.4, -0.2) is 90.3 Å². The Kier molecular flexibility index (Phi) is 10.4. The molecule has 1 fully saturated rings. The van der Waals surface area contributed by atoms with E-state index in [1.807, 2.05) is 42.5 Å². The molecule has 0 radical (unpaired) electrons. The van der Waals surface area contributed by atoms with Crippen molar-refractivity contribution >= 4 is 31.9 Å². The molecule has 2 amide bonds. The van der Waals surface area contributed by atoms with Crippen molar-refractivity contribution < 1.29 is 41.7 Å². The van der Waals surface area contributed by atoms with Gasteiger partial charge in [0.15, 0.2) is 11.5 Å². The van der Waals surface area contributed by atoms with Gasteiger partial charge in [-0.05, 0) is 84.5 Å². The molecule has 7 rings (SSSR count). The standard InChI is InChI=1S/C39H42N4O9S2/c44-35-32(23-34(36(45)37(35)46)54(51,52)43-20-16-27-11-5-6-12-29(27)25-43)38(47)42-19-15-28-13-14-31(22-30(28)24-42)53(49,50)40-33(21-26-9-3-1-4-10-26)39(48)41-17-7-2-8-18-41/h1,3-6,9-14,22-23,33,40,44-46H,2,7-8,15-21,24-25H2/t33-/m0/s1. The third-order valence-corrected chi connectivity index (χ3v) is 13.8. The Balaban J connectivity index is 1.13. The van der Waals surface area contributed by atoms with E-state index in [0.29, 0.717) is 31.5 Å². The van der Waals surface area contributed by atoms with Crippen LogP contribution in [0.15, 0.2) is 88.7 Å². The predicted molar refractivity (Wildman–Crippen MR) is 199 cm³/mol. The Hall–Kier alpha value is -4.96. The molecule has 54 heavy (non-hydrogen) atoms. The van der Waals surface area contributed by atoms with Crippen LogP contribution in [0, 0.1) is 0 Å². The van der Waals surface area contributed by atoms with Gasteiger partial charge in [0.25, 0.3) is 5.91 Å².